The lowest BCUT2D eigenvalue weighted by molar-refractivity contribution is 0.0785. The van der Waals surface area contributed by atoms with Crippen molar-refractivity contribution in [2.75, 3.05) is 20.1 Å². The van der Waals surface area contributed by atoms with E-state index in [4.69, 9.17) is 11.6 Å². The highest BCUT2D eigenvalue weighted by Crippen LogP contribution is 2.22. The van der Waals surface area contributed by atoms with Crippen LogP contribution in [0.3, 0.4) is 0 Å². The van der Waals surface area contributed by atoms with Gasteiger partial charge >= 0.3 is 0 Å². The van der Waals surface area contributed by atoms with Crippen molar-refractivity contribution in [3.8, 4) is 0 Å². The Morgan fingerprint density at radius 1 is 1.56 bits per heavy atom. The van der Waals surface area contributed by atoms with Gasteiger partial charge in [-0.1, -0.05) is 17.7 Å². The normalized spacial score (nSPS) is 18.6. The van der Waals surface area contributed by atoms with Crippen LogP contribution in [-0.4, -0.2) is 37.0 Å². The quantitative estimate of drug-likeness (QED) is 0.907. The number of amides is 1. The van der Waals surface area contributed by atoms with E-state index < -0.39 is 5.82 Å². The predicted octanol–water partition coefficient (Wildman–Crippen LogP) is 2.33. The maximum absolute atomic E-state index is 13.6. The number of benzene rings is 1. The van der Waals surface area contributed by atoms with Gasteiger partial charge in [-0.25, -0.2) is 4.39 Å². The number of hydrogen-bond acceptors (Lipinski definition) is 2. The first-order valence-corrected chi connectivity index (χ1v) is 5.92. The number of halogens is 3. The van der Waals surface area contributed by atoms with Crippen molar-refractivity contribution in [2.24, 2.45) is 0 Å². The second kappa shape index (κ2) is 6.36. The summed E-state index contributed by atoms with van der Waals surface area (Å²) in [6.07, 6.45) is 0.883. The minimum Gasteiger partial charge on any atom is -0.337 e. The Kier molecular flexibility index (Phi) is 5.38. The van der Waals surface area contributed by atoms with E-state index in [0.29, 0.717) is 13.1 Å². The molecule has 1 amide bonds. The van der Waals surface area contributed by atoms with Crippen LogP contribution in [0.2, 0.25) is 5.02 Å². The van der Waals surface area contributed by atoms with Crippen molar-refractivity contribution < 1.29 is 9.18 Å². The number of nitrogens with zero attached hydrogens (tertiary/aromatic N) is 1. The number of likely N-dealkylation sites (N-methyl/N-ethyl adjacent to an activating group) is 1. The summed E-state index contributed by atoms with van der Waals surface area (Å²) in [6, 6.07) is 4.56. The Balaban J connectivity index is 0.00000162. The molecule has 1 aromatic rings. The van der Waals surface area contributed by atoms with Gasteiger partial charge in [0.1, 0.15) is 5.82 Å². The zero-order valence-corrected chi connectivity index (χ0v) is 11.5. The van der Waals surface area contributed by atoms with E-state index in [2.05, 4.69) is 5.32 Å². The van der Waals surface area contributed by atoms with Crippen LogP contribution in [0.25, 0.3) is 0 Å². The van der Waals surface area contributed by atoms with Crippen molar-refractivity contribution in [3.05, 3.63) is 34.6 Å². The average molecular weight is 293 g/mol. The molecule has 1 aliphatic rings. The fourth-order valence-electron chi connectivity index (χ4n) is 2.04. The maximum Gasteiger partial charge on any atom is 0.258 e. The molecule has 100 valence electrons. The number of rotatable bonds is 2. The molecule has 1 aromatic carbocycles. The molecule has 1 atom stereocenters. The highest BCUT2D eigenvalue weighted by Gasteiger charge is 2.28. The van der Waals surface area contributed by atoms with Crippen LogP contribution in [0.15, 0.2) is 18.2 Å². The molecule has 6 heteroatoms. The lowest BCUT2D eigenvalue weighted by Gasteiger charge is -2.17. The summed E-state index contributed by atoms with van der Waals surface area (Å²) in [5.74, 6) is -0.888. The number of nitrogens with one attached hydrogen (secondary N) is 1. The molecule has 0 saturated carbocycles. The monoisotopic (exact) mass is 292 g/mol. The molecule has 2 rings (SSSR count). The van der Waals surface area contributed by atoms with E-state index in [1.54, 1.807) is 4.90 Å². The molecule has 1 N–H and O–H groups in total. The van der Waals surface area contributed by atoms with Gasteiger partial charge in [-0.15, -0.1) is 12.4 Å². The molecule has 1 unspecified atom stereocenters. The third-order valence-corrected chi connectivity index (χ3v) is 3.38. The van der Waals surface area contributed by atoms with Crippen LogP contribution in [0.5, 0.6) is 0 Å². The number of likely N-dealkylation sites (tertiary alicyclic amines) is 1. The topological polar surface area (TPSA) is 32.3 Å². The summed E-state index contributed by atoms with van der Waals surface area (Å²) in [6.45, 7) is 1.23. The fourth-order valence-corrected chi connectivity index (χ4v) is 2.28. The average Bonchev–Trinajstić information content (AvgIpc) is 2.77. The van der Waals surface area contributed by atoms with E-state index in [1.165, 1.54) is 18.2 Å². The molecule has 1 heterocycles. The van der Waals surface area contributed by atoms with Gasteiger partial charge in [-0.05, 0) is 25.6 Å². The van der Waals surface area contributed by atoms with Crippen LogP contribution < -0.4 is 5.32 Å². The summed E-state index contributed by atoms with van der Waals surface area (Å²) in [7, 11) is 1.86. The fraction of sp³-hybridized carbons (Fsp3) is 0.417. The second-order valence-corrected chi connectivity index (χ2v) is 4.53. The molecule has 0 aliphatic carbocycles. The Bertz CT molecular complexity index is 422. The van der Waals surface area contributed by atoms with Crippen molar-refractivity contribution in [1.29, 1.82) is 0 Å². The molecule has 0 radical (unpaired) electrons. The van der Waals surface area contributed by atoms with Crippen LogP contribution in [-0.2, 0) is 0 Å². The third-order valence-electron chi connectivity index (χ3n) is 3.06. The number of carbonyl (C=O) groups is 1. The highest BCUT2D eigenvalue weighted by molar-refractivity contribution is 6.33. The van der Waals surface area contributed by atoms with Crippen LogP contribution in [0, 0.1) is 5.82 Å². The van der Waals surface area contributed by atoms with Gasteiger partial charge in [-0.2, -0.15) is 0 Å². The Morgan fingerprint density at radius 3 is 2.83 bits per heavy atom. The van der Waals surface area contributed by atoms with Gasteiger partial charge in [0.25, 0.3) is 5.91 Å². The minimum atomic E-state index is -0.560. The third kappa shape index (κ3) is 2.94. The summed E-state index contributed by atoms with van der Waals surface area (Å²) < 4.78 is 13.6. The van der Waals surface area contributed by atoms with E-state index in [0.717, 1.165) is 6.42 Å². The van der Waals surface area contributed by atoms with E-state index in [1.807, 2.05) is 7.05 Å². The Labute approximate surface area is 117 Å². The van der Waals surface area contributed by atoms with Gasteiger partial charge < -0.3 is 10.2 Å². The smallest absolute Gasteiger partial charge is 0.258 e. The lowest BCUT2D eigenvalue weighted by Crippen LogP contribution is -2.34. The van der Waals surface area contributed by atoms with Crippen molar-refractivity contribution in [3.63, 3.8) is 0 Å². The van der Waals surface area contributed by atoms with Gasteiger partial charge in [0.2, 0.25) is 0 Å². The molecule has 1 saturated heterocycles. The zero-order chi connectivity index (χ0) is 12.4. The summed E-state index contributed by atoms with van der Waals surface area (Å²) in [5, 5.41) is 3.28. The van der Waals surface area contributed by atoms with Gasteiger partial charge in [0, 0.05) is 19.1 Å². The zero-order valence-electron chi connectivity index (χ0n) is 9.95. The van der Waals surface area contributed by atoms with E-state index >= 15 is 0 Å². The van der Waals surface area contributed by atoms with Crippen LogP contribution in [0.1, 0.15) is 16.8 Å². The molecule has 18 heavy (non-hydrogen) atoms. The molecule has 0 bridgehead atoms. The van der Waals surface area contributed by atoms with Gasteiger partial charge in [0.05, 0.1) is 10.6 Å². The van der Waals surface area contributed by atoms with Crippen molar-refractivity contribution in [1.82, 2.24) is 10.2 Å². The first-order chi connectivity index (χ1) is 8.13. The maximum atomic E-state index is 13.6. The van der Waals surface area contributed by atoms with Crippen molar-refractivity contribution in [2.45, 2.75) is 12.5 Å². The largest absolute Gasteiger partial charge is 0.337 e. The molecule has 1 aliphatic heterocycles. The lowest BCUT2D eigenvalue weighted by atomic mass is 10.2. The summed E-state index contributed by atoms with van der Waals surface area (Å²) in [5.41, 5.74) is -0.0223. The molecule has 0 aromatic heterocycles. The molecule has 3 nitrogen and oxygen atoms in total. The van der Waals surface area contributed by atoms with Crippen LogP contribution >= 0.6 is 24.0 Å². The SMILES string of the molecule is CNC1CCN(C(=O)c2c(F)cccc2Cl)C1.Cl. The van der Waals surface area contributed by atoms with Crippen molar-refractivity contribution >= 4 is 29.9 Å². The van der Waals surface area contributed by atoms with Gasteiger partial charge in [0.15, 0.2) is 0 Å². The first kappa shape index (κ1) is 15.2. The Hall–Kier alpha value is -0.840. The summed E-state index contributed by atoms with van der Waals surface area (Å²) in [4.78, 5) is 13.8. The Morgan fingerprint density at radius 2 is 2.28 bits per heavy atom. The number of carbonyl (C=O) groups excluding carboxylic acids is 1. The predicted molar refractivity (Wildman–Crippen MR) is 72.0 cm³/mol. The van der Waals surface area contributed by atoms with E-state index in [-0.39, 0.29) is 34.9 Å². The molecular formula is C12H15Cl2FN2O. The molecular weight excluding hydrogens is 278 g/mol. The second-order valence-electron chi connectivity index (χ2n) is 4.12. The first-order valence-electron chi connectivity index (χ1n) is 5.54. The number of hydrogen-bond donors (Lipinski definition) is 1. The molecule has 1 fully saturated rings. The van der Waals surface area contributed by atoms with Gasteiger partial charge in [-0.3, -0.25) is 4.79 Å². The van der Waals surface area contributed by atoms with Crippen LogP contribution in [0.4, 0.5) is 4.39 Å². The standard InChI is InChI=1S/C12H14ClFN2O.ClH/c1-15-8-5-6-16(7-8)12(17)11-9(13)3-2-4-10(11)14;/h2-4,8,15H,5-7H2,1H3;1H. The highest BCUT2D eigenvalue weighted by atomic mass is 35.5. The summed E-state index contributed by atoms with van der Waals surface area (Å²) >= 11 is 5.87. The van der Waals surface area contributed by atoms with E-state index in [9.17, 15) is 9.18 Å². The molecule has 0 spiro atoms. The minimum absolute atomic E-state index is 0.